The van der Waals surface area contributed by atoms with Gasteiger partial charge in [0.05, 0.1) is 22.3 Å². The summed E-state index contributed by atoms with van der Waals surface area (Å²) >= 11 is 0. The van der Waals surface area contributed by atoms with Crippen LogP contribution in [0.15, 0.2) is 148 Å². The summed E-state index contributed by atoms with van der Waals surface area (Å²) in [5.74, 6) is 1.59. The number of amidine groups is 2. The molecular weight excluding hydrogens is 625 g/mol. The Balaban J connectivity index is 1.25. The number of para-hydroxylation sites is 2. The number of hydrogen-bond donors (Lipinski definition) is 1. The van der Waals surface area contributed by atoms with Crippen molar-refractivity contribution in [3.8, 4) is 5.69 Å². The zero-order valence-corrected chi connectivity index (χ0v) is 29.2. The smallest absolute Gasteiger partial charge is 0.173 e. The first kappa shape index (κ1) is 31.0. The zero-order chi connectivity index (χ0) is 34.5. The molecule has 250 valence electrons. The van der Waals surface area contributed by atoms with Crippen molar-refractivity contribution in [1.29, 1.82) is 0 Å². The molecule has 51 heavy (non-hydrogen) atoms. The molecule has 0 saturated heterocycles. The van der Waals surface area contributed by atoms with Crippen molar-refractivity contribution in [2.45, 2.75) is 45.9 Å². The minimum absolute atomic E-state index is 0.103. The summed E-state index contributed by atoms with van der Waals surface area (Å²) < 4.78 is 4.92. The number of rotatable bonds is 7. The Morgan fingerprint density at radius 1 is 0.765 bits per heavy atom. The van der Waals surface area contributed by atoms with Gasteiger partial charge in [-0.15, -0.1) is 0 Å². The third-order valence-electron chi connectivity index (χ3n) is 10.2. The van der Waals surface area contributed by atoms with Crippen molar-refractivity contribution < 1.29 is 0 Å². The van der Waals surface area contributed by atoms with Crippen molar-refractivity contribution in [3.05, 3.63) is 156 Å². The fourth-order valence-electron chi connectivity index (χ4n) is 7.90. The van der Waals surface area contributed by atoms with Gasteiger partial charge in [0.1, 0.15) is 18.2 Å². The third kappa shape index (κ3) is 5.30. The highest BCUT2D eigenvalue weighted by Crippen LogP contribution is 2.42. The molecule has 2 aliphatic rings. The maximum absolute atomic E-state index is 5.54. The number of fused-ring (bicyclic) bond motifs is 7. The lowest BCUT2D eigenvalue weighted by atomic mass is 10.0. The number of hydrogen-bond acceptors (Lipinski definition) is 4. The molecular formula is C45H40N6. The predicted octanol–water partition coefficient (Wildman–Crippen LogP) is 10.5. The molecule has 0 spiro atoms. The number of allylic oxidation sites excluding steroid dienone is 1. The monoisotopic (exact) mass is 664 g/mol. The Bertz CT molecular complexity index is 2530. The van der Waals surface area contributed by atoms with E-state index >= 15 is 0 Å². The summed E-state index contributed by atoms with van der Waals surface area (Å²) in [6.45, 7) is 6.60. The van der Waals surface area contributed by atoms with Gasteiger partial charge in [-0.1, -0.05) is 129 Å². The first-order valence-electron chi connectivity index (χ1n) is 18.0. The van der Waals surface area contributed by atoms with Gasteiger partial charge in [-0.25, -0.2) is 9.98 Å². The van der Waals surface area contributed by atoms with Gasteiger partial charge in [0.2, 0.25) is 0 Å². The van der Waals surface area contributed by atoms with Gasteiger partial charge < -0.3 is 14.5 Å². The first-order valence-corrected chi connectivity index (χ1v) is 18.0. The maximum atomic E-state index is 5.54. The van der Waals surface area contributed by atoms with Gasteiger partial charge in [0, 0.05) is 38.7 Å². The average molecular weight is 665 g/mol. The van der Waals surface area contributed by atoms with Crippen LogP contribution in [0.25, 0.3) is 44.5 Å². The lowest BCUT2D eigenvalue weighted by Gasteiger charge is -2.26. The molecule has 2 atom stereocenters. The molecule has 6 heteroatoms. The zero-order valence-electron chi connectivity index (χ0n) is 29.2. The fourth-order valence-corrected chi connectivity index (χ4v) is 7.90. The van der Waals surface area contributed by atoms with E-state index in [1.165, 1.54) is 44.0 Å². The lowest BCUT2D eigenvalue weighted by molar-refractivity contribution is 0.565. The molecule has 0 bridgehead atoms. The maximum Gasteiger partial charge on any atom is 0.173 e. The molecule has 5 aromatic carbocycles. The Labute approximate surface area is 298 Å². The van der Waals surface area contributed by atoms with Crippen LogP contribution in [-0.2, 0) is 6.42 Å². The Hall–Kier alpha value is -6.01. The van der Waals surface area contributed by atoms with Crippen molar-refractivity contribution >= 4 is 56.2 Å². The Morgan fingerprint density at radius 2 is 1.47 bits per heavy atom. The standard InChI is InChI=1S/C45H40N6/c1-29(2)41(45-48-43(31-17-7-4-8-18-31)47-44(49-45)32-19-9-5-10-20-32)46-30(3)50-38-26-16-14-24-36(38)40-39(50)28-27-35-34-23-13-15-25-37(34)51(42(35)40)33-21-11-6-12-22-33/h4-15,17-25,27-30,43H,16,26H2,1-3H3,(H,47,48,49)/b46-41+. The van der Waals surface area contributed by atoms with Crippen LogP contribution in [0.5, 0.6) is 0 Å². The summed E-state index contributed by atoms with van der Waals surface area (Å²) in [6.07, 6.45) is 6.16. The van der Waals surface area contributed by atoms with E-state index in [9.17, 15) is 0 Å². The lowest BCUT2D eigenvalue weighted by Crippen LogP contribution is -2.36. The van der Waals surface area contributed by atoms with E-state index in [4.69, 9.17) is 15.0 Å². The van der Waals surface area contributed by atoms with Gasteiger partial charge in [0.25, 0.3) is 0 Å². The molecule has 3 heterocycles. The van der Waals surface area contributed by atoms with Crippen LogP contribution in [0.4, 0.5) is 0 Å². The van der Waals surface area contributed by atoms with Gasteiger partial charge >= 0.3 is 0 Å². The normalized spacial score (nSPS) is 16.7. The molecule has 0 amide bonds. The number of aromatic nitrogens is 2. The molecule has 2 unspecified atom stereocenters. The van der Waals surface area contributed by atoms with Crippen molar-refractivity contribution in [3.63, 3.8) is 0 Å². The number of nitrogens with one attached hydrogen (secondary N) is 1. The molecule has 6 nitrogen and oxygen atoms in total. The quantitative estimate of drug-likeness (QED) is 0.169. The van der Waals surface area contributed by atoms with Crippen LogP contribution in [0, 0.1) is 5.92 Å². The number of nitrogens with zero attached hydrogens (tertiary/aromatic N) is 5. The topological polar surface area (TPSA) is 59.0 Å². The minimum atomic E-state index is -0.272. The van der Waals surface area contributed by atoms with Crippen LogP contribution in [0.3, 0.4) is 0 Å². The van der Waals surface area contributed by atoms with E-state index in [1.54, 1.807) is 0 Å². The van der Waals surface area contributed by atoms with Gasteiger partial charge in [-0.3, -0.25) is 4.99 Å². The first-order chi connectivity index (χ1) is 25.1. The molecule has 0 radical (unpaired) electrons. The second-order valence-electron chi connectivity index (χ2n) is 13.8. The second kappa shape index (κ2) is 12.7. The van der Waals surface area contributed by atoms with Crippen LogP contribution < -0.4 is 5.32 Å². The average Bonchev–Trinajstić information content (AvgIpc) is 3.71. The fraction of sp³-hybridized carbons (Fsp3) is 0.178. The molecule has 7 aromatic rings. The van der Waals surface area contributed by atoms with E-state index in [0.29, 0.717) is 5.84 Å². The largest absolute Gasteiger partial charge is 0.344 e. The van der Waals surface area contributed by atoms with E-state index in [0.717, 1.165) is 41.2 Å². The second-order valence-corrected chi connectivity index (χ2v) is 13.8. The summed E-state index contributed by atoms with van der Waals surface area (Å²) in [5.41, 5.74) is 10.4. The summed E-state index contributed by atoms with van der Waals surface area (Å²) in [6, 6.07) is 44.8. The molecule has 1 aliphatic carbocycles. The molecule has 2 aromatic heterocycles. The van der Waals surface area contributed by atoms with Gasteiger partial charge in [-0.2, -0.15) is 0 Å². The highest BCUT2D eigenvalue weighted by Gasteiger charge is 2.28. The van der Waals surface area contributed by atoms with Crippen LogP contribution in [-0.4, -0.2) is 26.5 Å². The Morgan fingerprint density at radius 3 is 2.24 bits per heavy atom. The number of benzene rings is 5. The van der Waals surface area contributed by atoms with Crippen molar-refractivity contribution in [2.24, 2.45) is 20.9 Å². The molecule has 1 N–H and O–H groups in total. The van der Waals surface area contributed by atoms with E-state index < -0.39 is 0 Å². The number of aliphatic imine (C=N–C) groups is 3. The van der Waals surface area contributed by atoms with Crippen LogP contribution in [0.2, 0.25) is 0 Å². The van der Waals surface area contributed by atoms with Gasteiger partial charge in [0.15, 0.2) is 5.84 Å². The predicted molar refractivity (Wildman–Crippen MR) is 213 cm³/mol. The van der Waals surface area contributed by atoms with E-state index in [1.807, 2.05) is 24.3 Å². The van der Waals surface area contributed by atoms with Gasteiger partial charge in [-0.05, 0) is 55.5 Å². The van der Waals surface area contributed by atoms with Crippen LogP contribution >= 0.6 is 0 Å². The Kier molecular flexibility index (Phi) is 7.72. The summed E-state index contributed by atoms with van der Waals surface area (Å²) in [5, 5.41) is 7.40. The molecule has 9 rings (SSSR count). The third-order valence-corrected chi connectivity index (χ3v) is 10.2. The van der Waals surface area contributed by atoms with E-state index in [2.05, 4.69) is 151 Å². The van der Waals surface area contributed by atoms with Crippen molar-refractivity contribution in [1.82, 2.24) is 14.5 Å². The van der Waals surface area contributed by atoms with Crippen LogP contribution in [0.1, 0.15) is 61.9 Å². The molecule has 0 fully saturated rings. The van der Waals surface area contributed by atoms with Crippen molar-refractivity contribution in [2.75, 3.05) is 0 Å². The molecule has 0 saturated carbocycles. The highest BCUT2D eigenvalue weighted by molar-refractivity contribution is 6.44. The SMILES string of the molecule is CC(C)/C(=N\C(C)n1c2c(c3c1ccc1c4ccccc4n(-c4ccccc4)c13)C=CCC2)C1=NC(c2ccccc2)NC(c2ccccc2)=N1. The summed E-state index contributed by atoms with van der Waals surface area (Å²) in [4.78, 5) is 15.9. The molecule has 1 aliphatic heterocycles. The summed E-state index contributed by atoms with van der Waals surface area (Å²) in [7, 11) is 0. The minimum Gasteiger partial charge on any atom is -0.344 e. The van der Waals surface area contributed by atoms with E-state index in [-0.39, 0.29) is 18.2 Å². The highest BCUT2D eigenvalue weighted by atomic mass is 15.2.